The fourth-order valence-electron chi connectivity index (χ4n) is 1.08. The lowest BCUT2D eigenvalue weighted by Gasteiger charge is -2.21. The van der Waals surface area contributed by atoms with Gasteiger partial charge in [-0.2, -0.15) is 0 Å². The van der Waals surface area contributed by atoms with Crippen LogP contribution in [0.1, 0.15) is 6.42 Å². The average molecular weight is 204 g/mol. The first kappa shape index (κ1) is 13.4. The Morgan fingerprint density at radius 1 is 1.07 bits per heavy atom. The minimum atomic E-state index is -0.0618. The van der Waals surface area contributed by atoms with Crippen LogP contribution in [0.3, 0.4) is 0 Å². The minimum absolute atomic E-state index is 0.0261. The van der Waals surface area contributed by atoms with E-state index in [9.17, 15) is 4.79 Å². The van der Waals surface area contributed by atoms with Gasteiger partial charge in [-0.1, -0.05) is 0 Å². The summed E-state index contributed by atoms with van der Waals surface area (Å²) in [7, 11) is 3.80. The second-order valence-corrected chi connectivity index (χ2v) is 3.38. The molecule has 0 aliphatic heterocycles. The van der Waals surface area contributed by atoms with Gasteiger partial charge in [0.15, 0.2) is 0 Å². The lowest BCUT2D eigenvalue weighted by molar-refractivity contribution is -0.132. The van der Waals surface area contributed by atoms with Gasteiger partial charge in [0.2, 0.25) is 5.91 Å². The van der Waals surface area contributed by atoms with E-state index in [1.165, 1.54) is 4.90 Å². The van der Waals surface area contributed by atoms with E-state index < -0.39 is 0 Å². The quantitative estimate of drug-likeness (QED) is 0.544. The average Bonchev–Trinajstić information content (AvgIpc) is 2.14. The predicted molar refractivity (Wildman–Crippen MR) is 53.9 cm³/mol. The van der Waals surface area contributed by atoms with Crippen LogP contribution in [0, 0.1) is 0 Å². The van der Waals surface area contributed by atoms with Gasteiger partial charge in [0, 0.05) is 26.1 Å². The molecule has 5 heteroatoms. The molecule has 5 nitrogen and oxygen atoms in total. The van der Waals surface area contributed by atoms with Crippen LogP contribution in [0.25, 0.3) is 0 Å². The first-order valence-corrected chi connectivity index (χ1v) is 4.76. The largest absolute Gasteiger partial charge is 0.395 e. The number of rotatable bonds is 7. The van der Waals surface area contributed by atoms with Crippen molar-refractivity contribution in [1.29, 1.82) is 0 Å². The van der Waals surface area contributed by atoms with Gasteiger partial charge in [-0.05, 0) is 14.1 Å². The number of carbonyl (C=O) groups is 1. The summed E-state index contributed by atoms with van der Waals surface area (Å²) in [6.45, 7) is 1.16. The molecule has 1 amide bonds. The Kier molecular flexibility index (Phi) is 7.37. The summed E-state index contributed by atoms with van der Waals surface area (Å²) in [4.78, 5) is 14.9. The molecule has 0 atom stereocenters. The lowest BCUT2D eigenvalue weighted by atomic mass is 10.3. The van der Waals surface area contributed by atoms with Crippen molar-refractivity contribution in [3.63, 3.8) is 0 Å². The molecule has 0 unspecified atom stereocenters. The predicted octanol–water partition coefficient (Wildman–Crippen LogP) is -1.25. The number of carbonyl (C=O) groups excluding carboxylic acids is 1. The number of hydrogen-bond donors (Lipinski definition) is 2. The third-order valence-corrected chi connectivity index (χ3v) is 1.87. The molecule has 0 aromatic carbocycles. The van der Waals surface area contributed by atoms with Crippen molar-refractivity contribution in [3.8, 4) is 0 Å². The van der Waals surface area contributed by atoms with Crippen LogP contribution in [0.2, 0.25) is 0 Å². The lowest BCUT2D eigenvalue weighted by Crippen LogP contribution is -2.37. The van der Waals surface area contributed by atoms with Gasteiger partial charge in [0.1, 0.15) is 0 Å². The van der Waals surface area contributed by atoms with Crippen LogP contribution < -0.4 is 0 Å². The van der Waals surface area contributed by atoms with Crippen LogP contribution >= 0.6 is 0 Å². The molecule has 0 rings (SSSR count). The van der Waals surface area contributed by atoms with Crippen molar-refractivity contribution >= 4 is 5.91 Å². The van der Waals surface area contributed by atoms with Crippen molar-refractivity contribution in [2.75, 3.05) is 46.9 Å². The Morgan fingerprint density at radius 3 is 1.93 bits per heavy atom. The first-order chi connectivity index (χ1) is 6.61. The molecule has 0 aliphatic rings. The molecule has 2 N–H and O–H groups in total. The number of aliphatic hydroxyl groups excluding tert-OH is 2. The van der Waals surface area contributed by atoms with Gasteiger partial charge >= 0.3 is 0 Å². The molecule has 0 heterocycles. The zero-order chi connectivity index (χ0) is 11.0. The third-order valence-electron chi connectivity index (χ3n) is 1.87. The Balaban J connectivity index is 3.88. The van der Waals surface area contributed by atoms with Crippen LogP contribution in [0.5, 0.6) is 0 Å². The third kappa shape index (κ3) is 5.90. The van der Waals surface area contributed by atoms with Gasteiger partial charge in [-0.25, -0.2) is 0 Å². The smallest absolute Gasteiger partial charge is 0.224 e. The highest BCUT2D eigenvalue weighted by Crippen LogP contribution is 1.94. The first-order valence-electron chi connectivity index (χ1n) is 4.76. The van der Waals surface area contributed by atoms with Gasteiger partial charge in [-0.3, -0.25) is 4.79 Å². The minimum Gasteiger partial charge on any atom is -0.395 e. The Morgan fingerprint density at radius 2 is 1.57 bits per heavy atom. The highest BCUT2D eigenvalue weighted by molar-refractivity contribution is 5.76. The van der Waals surface area contributed by atoms with Gasteiger partial charge in [-0.15, -0.1) is 0 Å². The van der Waals surface area contributed by atoms with Crippen LogP contribution in [-0.4, -0.2) is 72.9 Å². The summed E-state index contributed by atoms with van der Waals surface area (Å²) in [5.41, 5.74) is 0. The normalized spacial score (nSPS) is 10.6. The highest BCUT2D eigenvalue weighted by atomic mass is 16.3. The van der Waals surface area contributed by atoms with Crippen molar-refractivity contribution in [1.82, 2.24) is 9.80 Å². The molecule has 0 bridgehead atoms. The van der Waals surface area contributed by atoms with Crippen LogP contribution in [0.15, 0.2) is 0 Å². The van der Waals surface area contributed by atoms with Gasteiger partial charge < -0.3 is 20.0 Å². The van der Waals surface area contributed by atoms with E-state index in [4.69, 9.17) is 10.2 Å². The number of amides is 1. The van der Waals surface area contributed by atoms with Gasteiger partial charge in [0.05, 0.1) is 13.2 Å². The zero-order valence-corrected chi connectivity index (χ0v) is 8.94. The molecule has 0 aromatic heterocycles. The Labute approximate surface area is 84.9 Å². The molecule has 0 fully saturated rings. The molecule has 84 valence electrons. The Bertz CT molecular complexity index is 156. The summed E-state index contributed by atoms with van der Waals surface area (Å²) in [5, 5.41) is 17.4. The molecular formula is C9H20N2O3. The summed E-state index contributed by atoms with van der Waals surface area (Å²) in [6.07, 6.45) is 0.424. The van der Waals surface area contributed by atoms with Crippen molar-refractivity contribution in [2.45, 2.75) is 6.42 Å². The van der Waals surface area contributed by atoms with E-state index in [-0.39, 0.29) is 19.1 Å². The molecule has 0 radical (unpaired) electrons. The number of aliphatic hydroxyl groups is 2. The van der Waals surface area contributed by atoms with E-state index in [0.717, 1.165) is 0 Å². The summed E-state index contributed by atoms with van der Waals surface area (Å²) in [5.74, 6) is -0.0261. The molecule has 0 spiro atoms. The standard InChI is InChI=1S/C9H20N2O3/c1-10(2)4-3-9(14)11(5-7-12)6-8-13/h12-13H,3-8H2,1-2H3. The van der Waals surface area contributed by atoms with Gasteiger partial charge in [0.25, 0.3) is 0 Å². The van der Waals surface area contributed by atoms with Crippen molar-refractivity contribution < 1.29 is 15.0 Å². The maximum atomic E-state index is 11.5. The summed E-state index contributed by atoms with van der Waals surface area (Å²) in [6, 6.07) is 0. The second-order valence-electron chi connectivity index (χ2n) is 3.38. The van der Waals surface area contributed by atoms with E-state index >= 15 is 0 Å². The fourth-order valence-corrected chi connectivity index (χ4v) is 1.08. The molecular weight excluding hydrogens is 184 g/mol. The second kappa shape index (κ2) is 7.73. The van der Waals surface area contributed by atoms with E-state index in [2.05, 4.69) is 0 Å². The molecule has 0 saturated carbocycles. The van der Waals surface area contributed by atoms with Crippen molar-refractivity contribution in [3.05, 3.63) is 0 Å². The molecule has 0 aromatic rings. The maximum Gasteiger partial charge on any atom is 0.224 e. The van der Waals surface area contributed by atoms with E-state index in [1.807, 2.05) is 19.0 Å². The molecule has 0 saturated heterocycles. The zero-order valence-electron chi connectivity index (χ0n) is 8.94. The number of nitrogens with zero attached hydrogens (tertiary/aromatic N) is 2. The van der Waals surface area contributed by atoms with E-state index in [0.29, 0.717) is 26.1 Å². The highest BCUT2D eigenvalue weighted by Gasteiger charge is 2.11. The fraction of sp³-hybridized carbons (Fsp3) is 0.889. The molecule has 14 heavy (non-hydrogen) atoms. The van der Waals surface area contributed by atoms with E-state index in [1.54, 1.807) is 0 Å². The Hall–Kier alpha value is -0.650. The van der Waals surface area contributed by atoms with Crippen LogP contribution in [-0.2, 0) is 4.79 Å². The monoisotopic (exact) mass is 204 g/mol. The topological polar surface area (TPSA) is 64.0 Å². The SMILES string of the molecule is CN(C)CCC(=O)N(CCO)CCO. The maximum absolute atomic E-state index is 11.5. The summed E-state index contributed by atoms with van der Waals surface area (Å²) < 4.78 is 0. The number of hydrogen-bond acceptors (Lipinski definition) is 4. The van der Waals surface area contributed by atoms with Crippen molar-refractivity contribution in [2.24, 2.45) is 0 Å². The molecule has 0 aliphatic carbocycles. The van der Waals surface area contributed by atoms with Crippen LogP contribution in [0.4, 0.5) is 0 Å². The summed E-state index contributed by atoms with van der Waals surface area (Å²) >= 11 is 0.